The zero-order chi connectivity index (χ0) is 18.2. The van der Waals surface area contributed by atoms with Gasteiger partial charge in [0.25, 0.3) is 0 Å². The molecule has 0 spiro atoms. The van der Waals surface area contributed by atoms with Crippen LogP contribution in [0, 0.1) is 5.92 Å². The lowest BCUT2D eigenvalue weighted by atomic mass is 9.77. The number of hydrogen-bond acceptors (Lipinski definition) is 4. The number of ether oxygens (including phenoxy) is 2. The fourth-order valence-corrected chi connectivity index (χ4v) is 4.64. The molecular formula is C23H25NO3. The Hall–Kier alpha value is -2.46. The lowest BCUT2D eigenvalue weighted by Gasteiger charge is -2.37. The first-order valence-corrected chi connectivity index (χ1v) is 9.88. The second kappa shape index (κ2) is 6.93. The van der Waals surface area contributed by atoms with Crippen LogP contribution in [0.25, 0.3) is 0 Å². The van der Waals surface area contributed by atoms with E-state index in [9.17, 15) is 5.11 Å². The van der Waals surface area contributed by atoms with E-state index >= 15 is 0 Å². The largest absolute Gasteiger partial charge is 0.508 e. The van der Waals surface area contributed by atoms with Crippen molar-refractivity contribution in [3.05, 3.63) is 65.7 Å². The topological polar surface area (TPSA) is 50.7 Å². The van der Waals surface area contributed by atoms with Crippen molar-refractivity contribution in [1.29, 1.82) is 0 Å². The third-order valence-electron chi connectivity index (χ3n) is 6.05. The predicted octanol–water partition coefficient (Wildman–Crippen LogP) is 4.78. The standard InChI is InChI=1S/C23H25NO3/c25-16-8-6-15(7-9-16)23-20-5-1-4-19(20)21-13-17(10-11-22(21)24-23)27-14-18-3-2-12-26-18/h1,4,6-11,13,18-20,23-25H,2-3,5,12,14H2. The Morgan fingerprint density at radius 3 is 2.85 bits per heavy atom. The van der Waals surface area contributed by atoms with Crippen LogP contribution in [-0.2, 0) is 4.74 Å². The Kier molecular flexibility index (Phi) is 4.29. The van der Waals surface area contributed by atoms with Gasteiger partial charge in [0, 0.05) is 18.2 Å². The number of aromatic hydroxyl groups is 1. The first kappa shape index (κ1) is 16.7. The van der Waals surface area contributed by atoms with Crippen LogP contribution in [0.15, 0.2) is 54.6 Å². The van der Waals surface area contributed by atoms with E-state index in [4.69, 9.17) is 9.47 Å². The smallest absolute Gasteiger partial charge is 0.119 e. The summed E-state index contributed by atoms with van der Waals surface area (Å²) in [7, 11) is 0. The first-order chi connectivity index (χ1) is 13.3. The van der Waals surface area contributed by atoms with Crippen LogP contribution in [0.4, 0.5) is 5.69 Å². The number of allylic oxidation sites excluding steroid dienone is 2. The van der Waals surface area contributed by atoms with Gasteiger partial charge in [-0.3, -0.25) is 0 Å². The maximum Gasteiger partial charge on any atom is 0.119 e. The lowest BCUT2D eigenvalue weighted by molar-refractivity contribution is 0.0679. The highest BCUT2D eigenvalue weighted by Gasteiger charge is 2.38. The van der Waals surface area contributed by atoms with Crippen molar-refractivity contribution in [2.45, 2.75) is 37.3 Å². The molecule has 4 heteroatoms. The van der Waals surface area contributed by atoms with Crippen molar-refractivity contribution in [3.8, 4) is 11.5 Å². The molecule has 4 atom stereocenters. The Morgan fingerprint density at radius 1 is 1.15 bits per heavy atom. The van der Waals surface area contributed by atoms with Crippen LogP contribution in [0.2, 0.25) is 0 Å². The molecule has 1 saturated heterocycles. The SMILES string of the molecule is Oc1ccc(C2Nc3ccc(OCC4CCCO4)cc3C3C=CCC32)cc1. The predicted molar refractivity (Wildman–Crippen MR) is 105 cm³/mol. The molecule has 27 heavy (non-hydrogen) atoms. The Labute approximate surface area is 159 Å². The van der Waals surface area contributed by atoms with Crippen LogP contribution >= 0.6 is 0 Å². The van der Waals surface area contributed by atoms with E-state index in [2.05, 4.69) is 29.6 Å². The molecule has 2 heterocycles. The van der Waals surface area contributed by atoms with Gasteiger partial charge in [-0.25, -0.2) is 0 Å². The third kappa shape index (κ3) is 3.19. The van der Waals surface area contributed by atoms with Crippen molar-refractivity contribution in [3.63, 3.8) is 0 Å². The summed E-state index contributed by atoms with van der Waals surface area (Å²) in [5, 5.41) is 13.3. The zero-order valence-electron chi connectivity index (χ0n) is 15.3. The monoisotopic (exact) mass is 363 g/mol. The minimum atomic E-state index is 0.233. The third-order valence-corrected chi connectivity index (χ3v) is 6.05. The molecule has 1 aliphatic carbocycles. The summed E-state index contributed by atoms with van der Waals surface area (Å²) in [4.78, 5) is 0. The highest BCUT2D eigenvalue weighted by atomic mass is 16.5. The van der Waals surface area contributed by atoms with Gasteiger partial charge in [0.2, 0.25) is 0 Å². The van der Waals surface area contributed by atoms with E-state index in [1.807, 2.05) is 18.2 Å². The summed E-state index contributed by atoms with van der Waals surface area (Å²) in [5.41, 5.74) is 3.70. The molecule has 0 amide bonds. The average Bonchev–Trinajstić information content (AvgIpc) is 3.38. The molecule has 0 aromatic heterocycles. The van der Waals surface area contributed by atoms with Crippen molar-refractivity contribution in [2.24, 2.45) is 5.92 Å². The van der Waals surface area contributed by atoms with Crippen molar-refractivity contribution >= 4 is 5.69 Å². The minimum Gasteiger partial charge on any atom is -0.508 e. The fraction of sp³-hybridized carbons (Fsp3) is 0.391. The molecule has 5 rings (SSSR count). The van der Waals surface area contributed by atoms with E-state index in [1.165, 1.54) is 16.8 Å². The van der Waals surface area contributed by atoms with E-state index in [0.717, 1.165) is 31.6 Å². The van der Waals surface area contributed by atoms with Gasteiger partial charge in [-0.2, -0.15) is 0 Å². The number of rotatable bonds is 4. The highest BCUT2D eigenvalue weighted by molar-refractivity contribution is 5.61. The van der Waals surface area contributed by atoms with Crippen molar-refractivity contribution < 1.29 is 14.6 Å². The van der Waals surface area contributed by atoms with Gasteiger partial charge in [0.15, 0.2) is 0 Å². The number of hydrogen-bond donors (Lipinski definition) is 2. The lowest BCUT2D eigenvalue weighted by Crippen LogP contribution is -2.29. The van der Waals surface area contributed by atoms with Gasteiger partial charge in [-0.15, -0.1) is 0 Å². The maximum absolute atomic E-state index is 9.60. The van der Waals surface area contributed by atoms with Crippen LogP contribution in [0.5, 0.6) is 11.5 Å². The summed E-state index contributed by atoms with van der Waals surface area (Å²) in [5.74, 6) is 2.11. The Morgan fingerprint density at radius 2 is 2.04 bits per heavy atom. The van der Waals surface area contributed by atoms with E-state index < -0.39 is 0 Å². The summed E-state index contributed by atoms with van der Waals surface area (Å²) in [6, 6.07) is 14.2. The molecule has 2 aliphatic heterocycles. The fourth-order valence-electron chi connectivity index (χ4n) is 4.64. The van der Waals surface area contributed by atoms with Crippen LogP contribution in [0.3, 0.4) is 0 Å². The van der Waals surface area contributed by atoms with Gasteiger partial charge >= 0.3 is 0 Å². The molecule has 0 saturated carbocycles. The van der Waals surface area contributed by atoms with Crippen molar-refractivity contribution in [1.82, 2.24) is 0 Å². The van der Waals surface area contributed by atoms with Gasteiger partial charge in [0.05, 0.1) is 12.1 Å². The highest BCUT2D eigenvalue weighted by Crippen LogP contribution is 2.50. The maximum atomic E-state index is 9.60. The molecule has 1 fully saturated rings. The van der Waals surface area contributed by atoms with E-state index in [-0.39, 0.29) is 12.1 Å². The summed E-state index contributed by atoms with van der Waals surface area (Å²) >= 11 is 0. The number of phenols is 1. The van der Waals surface area contributed by atoms with E-state index in [1.54, 1.807) is 12.1 Å². The normalized spacial score (nSPS) is 28.4. The number of nitrogens with one attached hydrogen (secondary N) is 1. The molecule has 4 nitrogen and oxygen atoms in total. The van der Waals surface area contributed by atoms with Crippen LogP contribution < -0.4 is 10.1 Å². The molecule has 3 aliphatic rings. The first-order valence-electron chi connectivity index (χ1n) is 9.88. The van der Waals surface area contributed by atoms with Crippen LogP contribution in [-0.4, -0.2) is 24.4 Å². The number of anilines is 1. The van der Waals surface area contributed by atoms with Crippen molar-refractivity contribution in [2.75, 3.05) is 18.5 Å². The zero-order valence-corrected chi connectivity index (χ0v) is 15.3. The quantitative estimate of drug-likeness (QED) is 0.768. The summed E-state index contributed by atoms with van der Waals surface area (Å²) in [6.45, 7) is 1.49. The molecule has 4 unspecified atom stereocenters. The second-order valence-corrected chi connectivity index (χ2v) is 7.76. The average molecular weight is 363 g/mol. The van der Waals surface area contributed by atoms with E-state index in [0.29, 0.717) is 24.2 Å². The molecule has 0 bridgehead atoms. The van der Waals surface area contributed by atoms with Crippen LogP contribution in [0.1, 0.15) is 42.3 Å². The Bertz CT molecular complexity index is 839. The number of benzene rings is 2. The van der Waals surface area contributed by atoms with Gasteiger partial charge in [0.1, 0.15) is 18.1 Å². The molecule has 2 aromatic rings. The minimum absolute atomic E-state index is 0.233. The molecule has 2 N–H and O–H groups in total. The van der Waals surface area contributed by atoms with Gasteiger partial charge in [-0.1, -0.05) is 24.3 Å². The number of fused-ring (bicyclic) bond motifs is 3. The Balaban J connectivity index is 1.39. The summed E-state index contributed by atoms with van der Waals surface area (Å²) < 4.78 is 11.7. The number of phenolic OH excluding ortho intramolecular Hbond substituents is 1. The second-order valence-electron chi connectivity index (χ2n) is 7.76. The molecule has 140 valence electrons. The van der Waals surface area contributed by atoms with Gasteiger partial charge in [-0.05, 0) is 66.6 Å². The molecule has 2 aromatic carbocycles. The summed E-state index contributed by atoms with van der Waals surface area (Å²) in [6.07, 6.45) is 8.14. The molecule has 0 radical (unpaired) electrons. The van der Waals surface area contributed by atoms with Gasteiger partial charge < -0.3 is 19.9 Å². The molecular weight excluding hydrogens is 338 g/mol.